The van der Waals surface area contributed by atoms with Gasteiger partial charge in [-0.15, -0.1) is 35.4 Å². The van der Waals surface area contributed by atoms with Crippen molar-refractivity contribution in [3.05, 3.63) is 83.9 Å². The fourth-order valence-corrected chi connectivity index (χ4v) is 3.80. The van der Waals surface area contributed by atoms with Gasteiger partial charge in [0.25, 0.3) is 0 Å². The average Bonchev–Trinajstić information content (AvgIpc) is 3.73. The molecule has 3 nitrogen and oxygen atoms in total. The van der Waals surface area contributed by atoms with E-state index >= 15 is 0 Å². The largest absolute Gasteiger partial charge is 2.00 e. The van der Waals surface area contributed by atoms with Crippen LogP contribution in [0.3, 0.4) is 0 Å². The quantitative estimate of drug-likeness (QED) is 0.236. The third kappa shape index (κ3) is 14.5. The zero-order chi connectivity index (χ0) is 24.6. The molecule has 0 spiro atoms. The van der Waals surface area contributed by atoms with Crippen LogP contribution in [0.2, 0.25) is 0 Å². The van der Waals surface area contributed by atoms with Gasteiger partial charge in [0.2, 0.25) is 0 Å². The first-order valence-corrected chi connectivity index (χ1v) is 13.1. The van der Waals surface area contributed by atoms with Crippen LogP contribution in [-0.4, -0.2) is 77.4 Å². The molecule has 3 aliphatic heterocycles. The van der Waals surface area contributed by atoms with Crippen LogP contribution in [-0.2, 0) is 14.2 Å². The monoisotopic (exact) mass is 640 g/mol. The molecule has 0 atom stereocenters. The summed E-state index contributed by atoms with van der Waals surface area (Å²) in [6.07, 6.45) is 7.67. The Labute approximate surface area is 271 Å². The van der Waals surface area contributed by atoms with Crippen molar-refractivity contribution in [2.24, 2.45) is 0 Å². The Morgan fingerprint density at radius 2 is 0.784 bits per heavy atom. The second-order valence-electron chi connectivity index (χ2n) is 9.17. The molecule has 0 amide bonds. The van der Waals surface area contributed by atoms with E-state index in [0.717, 1.165) is 50.8 Å². The van der Waals surface area contributed by atoms with Crippen molar-refractivity contribution in [2.75, 3.05) is 39.6 Å². The molecular formula is C32H41CaIO3. The van der Waals surface area contributed by atoms with Crippen LogP contribution in [0.1, 0.15) is 49.7 Å². The van der Waals surface area contributed by atoms with Gasteiger partial charge in [-0.25, -0.2) is 0 Å². The Morgan fingerprint density at radius 3 is 1.03 bits per heavy atom. The van der Waals surface area contributed by atoms with E-state index in [4.69, 9.17) is 14.2 Å². The molecule has 5 heteroatoms. The molecule has 3 fully saturated rings. The maximum absolute atomic E-state index is 4.94. The van der Waals surface area contributed by atoms with Crippen LogP contribution in [0.4, 0.5) is 0 Å². The summed E-state index contributed by atoms with van der Waals surface area (Å²) in [7, 11) is 0. The van der Waals surface area contributed by atoms with Gasteiger partial charge in [0.1, 0.15) is 0 Å². The van der Waals surface area contributed by atoms with Crippen molar-refractivity contribution in [1.82, 2.24) is 0 Å². The number of hydrogen-bond acceptors (Lipinski definition) is 3. The number of rotatable bonds is 2. The molecule has 0 aromatic heterocycles. The first kappa shape index (κ1) is 34.6. The Kier molecular flexibility index (Phi) is 20.0. The van der Waals surface area contributed by atoms with Gasteiger partial charge in [-0.3, -0.25) is 0 Å². The van der Waals surface area contributed by atoms with Crippen LogP contribution in [0.15, 0.2) is 66.7 Å². The molecule has 37 heavy (non-hydrogen) atoms. The van der Waals surface area contributed by atoms with E-state index in [1.807, 2.05) is 0 Å². The minimum atomic E-state index is 0. The van der Waals surface area contributed by atoms with Gasteiger partial charge in [-0.1, -0.05) is 70.8 Å². The van der Waals surface area contributed by atoms with E-state index < -0.39 is 0 Å². The molecule has 0 saturated carbocycles. The SMILES string of the molecule is C1CCOC1.C1CCOC1.C1CCOC1.Cc1ccc(-c2[c-]c(-c3ccc(C)cc3)ccc2)cc1.[Ca+2].[I-]. The van der Waals surface area contributed by atoms with Crippen LogP contribution in [0, 0.1) is 19.9 Å². The number of aryl methyl sites for hydroxylation is 2. The van der Waals surface area contributed by atoms with Crippen molar-refractivity contribution in [1.29, 1.82) is 0 Å². The number of halogens is 1. The van der Waals surface area contributed by atoms with E-state index in [9.17, 15) is 0 Å². The molecule has 0 aliphatic carbocycles. The van der Waals surface area contributed by atoms with Gasteiger partial charge < -0.3 is 38.2 Å². The van der Waals surface area contributed by atoms with E-state index in [2.05, 4.69) is 86.6 Å². The van der Waals surface area contributed by atoms with Crippen LogP contribution < -0.4 is 24.0 Å². The second kappa shape index (κ2) is 21.4. The summed E-state index contributed by atoms with van der Waals surface area (Å²) >= 11 is 0. The van der Waals surface area contributed by atoms with Gasteiger partial charge in [-0.05, 0) is 52.4 Å². The summed E-state index contributed by atoms with van der Waals surface area (Å²) in [4.78, 5) is 0. The third-order valence-electron chi connectivity index (χ3n) is 6.00. The van der Waals surface area contributed by atoms with Crippen molar-refractivity contribution in [3.8, 4) is 22.3 Å². The Hall–Kier alpha value is -0.470. The predicted molar refractivity (Wildman–Crippen MR) is 152 cm³/mol. The summed E-state index contributed by atoms with van der Waals surface area (Å²) in [5.41, 5.74) is 7.27. The molecule has 3 aromatic carbocycles. The maximum Gasteiger partial charge on any atom is 2.00 e. The van der Waals surface area contributed by atoms with E-state index in [-0.39, 0.29) is 61.7 Å². The maximum atomic E-state index is 4.94. The van der Waals surface area contributed by atoms with E-state index in [1.165, 1.54) is 60.8 Å². The molecule has 3 heterocycles. The fraction of sp³-hybridized carbons (Fsp3) is 0.438. The van der Waals surface area contributed by atoms with Gasteiger partial charge in [0.05, 0.1) is 0 Å². The van der Waals surface area contributed by atoms with Crippen molar-refractivity contribution in [2.45, 2.75) is 52.4 Å². The number of benzene rings is 3. The molecule has 3 aliphatic rings. The topological polar surface area (TPSA) is 27.7 Å². The Balaban J connectivity index is 0.000000326. The van der Waals surface area contributed by atoms with Crippen molar-refractivity contribution >= 4 is 37.7 Å². The van der Waals surface area contributed by atoms with E-state index in [0.29, 0.717) is 0 Å². The molecule has 0 radical (unpaired) electrons. The zero-order valence-corrected chi connectivity index (χ0v) is 27.0. The third-order valence-corrected chi connectivity index (χ3v) is 6.00. The first-order valence-electron chi connectivity index (χ1n) is 13.1. The summed E-state index contributed by atoms with van der Waals surface area (Å²) in [6.45, 7) is 10.2. The standard InChI is InChI=1S/C20H17.3C4H8O.Ca.HI/c1-15-6-10-17(11-7-15)19-4-3-5-20(14-19)18-12-8-16(2)9-13-18;3*1-2-4-5-3-1;;/h3-13H,1-2H3;3*1-4H2;;1H/q-1;;;;+2;/p-1. The van der Waals surface area contributed by atoms with Crippen molar-refractivity contribution < 1.29 is 38.2 Å². The first-order chi connectivity index (χ1) is 17.2. The molecule has 3 aromatic rings. The summed E-state index contributed by atoms with van der Waals surface area (Å²) in [6, 6.07) is 27.0. The minimum Gasteiger partial charge on any atom is -1.00 e. The summed E-state index contributed by atoms with van der Waals surface area (Å²) in [5.74, 6) is 0. The Morgan fingerprint density at radius 1 is 0.486 bits per heavy atom. The molecular weight excluding hydrogens is 599 g/mol. The number of hydrogen-bond donors (Lipinski definition) is 0. The minimum absolute atomic E-state index is 0. The smallest absolute Gasteiger partial charge is 1.00 e. The van der Waals surface area contributed by atoms with Gasteiger partial charge in [-0.2, -0.15) is 0 Å². The van der Waals surface area contributed by atoms with Crippen molar-refractivity contribution in [3.63, 3.8) is 0 Å². The van der Waals surface area contributed by atoms with Crippen LogP contribution >= 0.6 is 0 Å². The van der Waals surface area contributed by atoms with E-state index in [1.54, 1.807) is 0 Å². The Bertz CT molecular complexity index is 841. The number of ether oxygens (including phenoxy) is 3. The fourth-order valence-electron chi connectivity index (χ4n) is 3.80. The normalized spacial score (nSPS) is 15.4. The zero-order valence-electron chi connectivity index (χ0n) is 22.6. The molecule has 0 unspecified atom stereocenters. The second-order valence-corrected chi connectivity index (χ2v) is 9.17. The van der Waals surface area contributed by atoms with Gasteiger partial charge in [0.15, 0.2) is 0 Å². The predicted octanol–water partition coefficient (Wildman–Crippen LogP) is 4.45. The van der Waals surface area contributed by atoms with Gasteiger partial charge >= 0.3 is 37.7 Å². The summed E-state index contributed by atoms with van der Waals surface area (Å²) in [5, 5.41) is 0. The molecule has 0 N–H and O–H groups in total. The van der Waals surface area contributed by atoms with Gasteiger partial charge in [0, 0.05) is 39.6 Å². The molecule has 196 valence electrons. The van der Waals surface area contributed by atoms with Crippen LogP contribution in [0.25, 0.3) is 22.3 Å². The molecule has 0 bridgehead atoms. The van der Waals surface area contributed by atoms with Crippen LogP contribution in [0.5, 0.6) is 0 Å². The molecule has 3 saturated heterocycles. The summed E-state index contributed by atoms with van der Waals surface area (Å²) < 4.78 is 14.8. The average molecular weight is 641 g/mol. The molecule has 6 rings (SSSR count).